The van der Waals surface area contributed by atoms with Crippen LogP contribution in [0, 0.1) is 6.92 Å². The van der Waals surface area contributed by atoms with E-state index < -0.39 is 0 Å². The highest BCUT2D eigenvalue weighted by molar-refractivity contribution is 6.00. The van der Waals surface area contributed by atoms with Crippen molar-refractivity contribution >= 4 is 28.4 Å². The van der Waals surface area contributed by atoms with E-state index in [0.29, 0.717) is 36.4 Å². The predicted octanol–water partition coefficient (Wildman–Crippen LogP) is 2.14. The van der Waals surface area contributed by atoms with Crippen molar-refractivity contribution in [3.63, 3.8) is 0 Å². The Morgan fingerprint density at radius 1 is 1.31 bits per heavy atom. The van der Waals surface area contributed by atoms with E-state index in [0.717, 1.165) is 29.7 Å². The van der Waals surface area contributed by atoms with Crippen LogP contribution in [0.4, 0.5) is 5.82 Å². The summed E-state index contributed by atoms with van der Waals surface area (Å²) in [6.07, 6.45) is 3.47. The van der Waals surface area contributed by atoms with Gasteiger partial charge in [0.15, 0.2) is 0 Å². The number of methoxy groups -OCH3 is 1. The number of nitrogens with zero attached hydrogens (tertiary/aromatic N) is 3. The first kappa shape index (κ1) is 22.8. The van der Waals surface area contributed by atoms with Gasteiger partial charge in [-0.25, -0.2) is 4.57 Å². The van der Waals surface area contributed by atoms with Crippen LogP contribution in [0.2, 0.25) is 0 Å². The maximum atomic E-state index is 13.4. The number of benzene rings is 1. The number of hydrogen-bond acceptors (Lipinski definition) is 6. The van der Waals surface area contributed by atoms with Crippen LogP contribution >= 0.6 is 0 Å². The molecular weight excluding hydrogens is 446 g/mol. The van der Waals surface area contributed by atoms with Gasteiger partial charge in [0.1, 0.15) is 16.7 Å². The molecule has 3 aromatic heterocycles. The van der Waals surface area contributed by atoms with Crippen molar-refractivity contribution in [1.82, 2.24) is 14.7 Å². The molecule has 0 radical (unpaired) electrons. The molecule has 0 unspecified atom stereocenters. The third kappa shape index (κ3) is 4.30. The lowest BCUT2D eigenvalue weighted by molar-refractivity contribution is -0.666. The summed E-state index contributed by atoms with van der Waals surface area (Å²) in [5.74, 6) is 0.629. The van der Waals surface area contributed by atoms with Crippen LogP contribution in [-0.4, -0.2) is 35.1 Å². The van der Waals surface area contributed by atoms with Crippen LogP contribution in [0.15, 0.2) is 53.5 Å². The Morgan fingerprint density at radius 2 is 2.11 bits per heavy atom. The standard InChI is InChI=1S/C26H27N5O4/c1-16-5-3-11-30-23(16)29-24-21(26(30)33)13-20(22(27)31(24)15-19-6-4-12-35-19)25(32)28-14-17-7-9-18(34-2)10-8-17/h3,5,7-11,13,19,27H,4,6,12,14-15H2,1-2H3,(H,28,32)/p+1/t19-/m1/s1. The summed E-state index contributed by atoms with van der Waals surface area (Å²) in [5, 5.41) is 3.24. The van der Waals surface area contributed by atoms with E-state index >= 15 is 0 Å². The Morgan fingerprint density at radius 3 is 2.83 bits per heavy atom. The van der Waals surface area contributed by atoms with Gasteiger partial charge in [0, 0.05) is 24.9 Å². The van der Waals surface area contributed by atoms with Crippen molar-refractivity contribution in [2.24, 2.45) is 0 Å². The molecule has 3 N–H and O–H groups in total. The number of rotatable bonds is 6. The minimum atomic E-state index is -0.366. The average Bonchev–Trinajstić information content (AvgIpc) is 3.39. The molecule has 4 aromatic rings. The van der Waals surface area contributed by atoms with Crippen molar-refractivity contribution in [1.29, 1.82) is 0 Å². The Kier molecular flexibility index (Phi) is 6.08. The second-order valence-corrected chi connectivity index (χ2v) is 8.76. The lowest BCUT2D eigenvalue weighted by atomic mass is 10.1. The number of aryl methyl sites for hydroxylation is 1. The Hall–Kier alpha value is -3.98. The molecule has 1 saturated heterocycles. The molecule has 0 saturated carbocycles. The van der Waals surface area contributed by atoms with E-state index in [1.54, 1.807) is 30.0 Å². The number of anilines is 1. The molecule has 5 rings (SSSR count). The second kappa shape index (κ2) is 9.34. The van der Waals surface area contributed by atoms with Crippen molar-refractivity contribution in [3.8, 4) is 5.75 Å². The fourth-order valence-corrected chi connectivity index (χ4v) is 4.49. The molecule has 0 spiro atoms. The van der Waals surface area contributed by atoms with Crippen LogP contribution in [0.1, 0.15) is 34.3 Å². The summed E-state index contributed by atoms with van der Waals surface area (Å²) in [4.78, 5) is 31.5. The van der Waals surface area contributed by atoms with E-state index in [-0.39, 0.29) is 29.0 Å². The number of carbonyl (C=O) groups is 1. The first-order valence-corrected chi connectivity index (χ1v) is 11.6. The fourth-order valence-electron chi connectivity index (χ4n) is 4.49. The maximum absolute atomic E-state index is 13.4. The maximum Gasteiger partial charge on any atom is 0.278 e. The van der Waals surface area contributed by atoms with Gasteiger partial charge >= 0.3 is 0 Å². The lowest BCUT2D eigenvalue weighted by Gasteiger charge is -2.15. The minimum Gasteiger partial charge on any atom is -0.497 e. The fraction of sp³-hybridized carbons (Fsp3) is 0.308. The lowest BCUT2D eigenvalue weighted by Crippen LogP contribution is -2.46. The van der Waals surface area contributed by atoms with Crippen molar-refractivity contribution in [2.45, 2.75) is 39.0 Å². The highest BCUT2D eigenvalue weighted by Crippen LogP contribution is 2.19. The summed E-state index contributed by atoms with van der Waals surface area (Å²) >= 11 is 0. The zero-order chi connectivity index (χ0) is 24.5. The molecule has 35 heavy (non-hydrogen) atoms. The second-order valence-electron chi connectivity index (χ2n) is 8.76. The quantitative estimate of drug-likeness (QED) is 0.327. The molecule has 180 valence electrons. The monoisotopic (exact) mass is 474 g/mol. The molecule has 9 nitrogen and oxygen atoms in total. The van der Waals surface area contributed by atoms with Crippen LogP contribution < -0.4 is 25.9 Å². The van der Waals surface area contributed by atoms with Crippen LogP contribution in [0.25, 0.3) is 16.7 Å². The first-order valence-electron chi connectivity index (χ1n) is 11.6. The normalized spacial score (nSPS) is 15.5. The summed E-state index contributed by atoms with van der Waals surface area (Å²) < 4.78 is 14.3. The van der Waals surface area contributed by atoms with Crippen molar-refractivity contribution < 1.29 is 18.8 Å². The molecule has 0 aliphatic carbocycles. The summed E-state index contributed by atoms with van der Waals surface area (Å²) in [6.45, 7) is 3.31. The number of carbonyl (C=O) groups excluding carboxylic acids is 1. The Labute approximate surface area is 202 Å². The number of fused-ring (bicyclic) bond motifs is 2. The summed E-state index contributed by atoms with van der Waals surface area (Å²) in [6, 6.07) is 12.7. The third-order valence-electron chi connectivity index (χ3n) is 6.44. The molecule has 1 aliphatic rings. The SMILES string of the molecule is COc1ccc(CNC(=O)c2cc3c(=O)n4cccc(C)c4nc3[n+](C[C@H]3CCCO3)c2N)cc1. The zero-order valence-electron chi connectivity index (χ0n) is 19.8. The number of nitrogens with one attached hydrogen (secondary N) is 1. The van der Waals surface area contributed by atoms with Gasteiger partial charge in [-0.05, 0) is 49.6 Å². The zero-order valence-corrected chi connectivity index (χ0v) is 19.8. The number of pyridine rings is 2. The van der Waals surface area contributed by atoms with E-state index in [2.05, 4.69) is 5.32 Å². The minimum absolute atomic E-state index is 0.0553. The highest BCUT2D eigenvalue weighted by atomic mass is 16.5. The molecule has 1 amide bonds. The number of nitrogens with two attached hydrogens (primary N) is 1. The average molecular weight is 475 g/mol. The van der Waals surface area contributed by atoms with Gasteiger partial charge in [-0.1, -0.05) is 23.2 Å². The van der Waals surface area contributed by atoms with E-state index in [9.17, 15) is 9.59 Å². The van der Waals surface area contributed by atoms with Crippen LogP contribution in [-0.2, 0) is 17.8 Å². The Bertz CT molecular complexity index is 1470. The highest BCUT2D eigenvalue weighted by Gasteiger charge is 2.28. The number of ether oxygens (including phenoxy) is 2. The van der Waals surface area contributed by atoms with Gasteiger partial charge in [-0.15, -0.1) is 0 Å². The van der Waals surface area contributed by atoms with Crippen LogP contribution in [0.3, 0.4) is 0 Å². The van der Waals surface area contributed by atoms with Gasteiger partial charge in [-0.3, -0.25) is 14.0 Å². The summed E-state index contributed by atoms with van der Waals surface area (Å²) in [5.41, 5.74) is 9.32. The molecule has 9 heteroatoms. The Balaban J connectivity index is 1.59. The number of amides is 1. The molecule has 1 atom stereocenters. The van der Waals surface area contributed by atoms with Gasteiger partial charge in [0.05, 0.1) is 19.8 Å². The topological polar surface area (TPSA) is 112 Å². The van der Waals surface area contributed by atoms with Gasteiger partial charge in [0.2, 0.25) is 11.5 Å². The van der Waals surface area contributed by atoms with Crippen molar-refractivity contribution in [3.05, 3.63) is 75.7 Å². The molecule has 1 fully saturated rings. The molecule has 1 aliphatic heterocycles. The van der Waals surface area contributed by atoms with Gasteiger partial charge < -0.3 is 20.5 Å². The third-order valence-corrected chi connectivity index (χ3v) is 6.44. The smallest absolute Gasteiger partial charge is 0.278 e. The van der Waals surface area contributed by atoms with Crippen molar-refractivity contribution in [2.75, 3.05) is 19.5 Å². The molecule has 0 bridgehead atoms. The van der Waals surface area contributed by atoms with E-state index in [1.165, 1.54) is 4.40 Å². The number of aromatic nitrogens is 3. The summed E-state index contributed by atoms with van der Waals surface area (Å²) in [7, 11) is 1.60. The number of nitrogen functional groups attached to an aromatic ring is 1. The molecule has 1 aromatic carbocycles. The van der Waals surface area contributed by atoms with Crippen LogP contribution in [0.5, 0.6) is 5.75 Å². The van der Waals surface area contributed by atoms with Gasteiger partial charge in [-0.2, -0.15) is 0 Å². The molecule has 4 heterocycles. The van der Waals surface area contributed by atoms with E-state index in [4.69, 9.17) is 20.2 Å². The largest absolute Gasteiger partial charge is 0.497 e. The van der Waals surface area contributed by atoms with E-state index in [1.807, 2.05) is 37.3 Å². The molecular formula is C26H28N5O4+. The predicted molar refractivity (Wildman–Crippen MR) is 131 cm³/mol. The number of hydrogen-bond donors (Lipinski definition) is 2. The van der Waals surface area contributed by atoms with Gasteiger partial charge in [0.25, 0.3) is 17.1 Å². The first-order chi connectivity index (χ1) is 17.0.